The van der Waals surface area contributed by atoms with E-state index in [2.05, 4.69) is 21.2 Å². The average molecular weight is 363 g/mol. The van der Waals surface area contributed by atoms with E-state index < -0.39 is 5.37 Å². The minimum Gasteiger partial charge on any atom is -0.364 e. The number of hydrogen-bond donors (Lipinski definition) is 1. The molecule has 0 bridgehead atoms. The lowest BCUT2D eigenvalue weighted by Gasteiger charge is -2.15. The summed E-state index contributed by atoms with van der Waals surface area (Å²) in [4.78, 5) is 25.7. The zero-order valence-corrected chi connectivity index (χ0v) is 13.2. The molecule has 2 aromatic rings. The first-order chi connectivity index (χ1) is 10.2. The summed E-state index contributed by atoms with van der Waals surface area (Å²) in [7, 11) is 0. The third-order valence-corrected chi connectivity index (χ3v) is 4.65. The van der Waals surface area contributed by atoms with Crippen LogP contribution in [0.3, 0.4) is 0 Å². The Kier molecular flexibility index (Phi) is 3.98. The van der Waals surface area contributed by atoms with Gasteiger partial charge in [0, 0.05) is 10.2 Å². The zero-order valence-electron chi connectivity index (χ0n) is 10.8. The van der Waals surface area contributed by atoms with Crippen molar-refractivity contribution in [1.29, 1.82) is 0 Å². The van der Waals surface area contributed by atoms with Crippen LogP contribution in [-0.4, -0.2) is 16.5 Å². The summed E-state index contributed by atoms with van der Waals surface area (Å²) in [6.07, 6.45) is 0. The van der Waals surface area contributed by atoms with Crippen LogP contribution in [0.25, 0.3) is 0 Å². The summed E-state index contributed by atoms with van der Waals surface area (Å²) in [5.41, 5.74) is 1.38. The number of para-hydroxylation sites is 2. The molecule has 1 atom stereocenters. The van der Waals surface area contributed by atoms with Crippen LogP contribution in [-0.2, 0) is 4.79 Å². The number of thioether (sulfide) groups is 1. The van der Waals surface area contributed by atoms with Crippen molar-refractivity contribution in [3.8, 4) is 0 Å². The molecule has 0 radical (unpaired) electrons. The van der Waals surface area contributed by atoms with Gasteiger partial charge in [0.15, 0.2) is 5.37 Å². The number of anilines is 2. The molecule has 2 aromatic carbocycles. The van der Waals surface area contributed by atoms with Gasteiger partial charge >= 0.3 is 0 Å². The van der Waals surface area contributed by atoms with Gasteiger partial charge < -0.3 is 5.32 Å². The van der Waals surface area contributed by atoms with Crippen LogP contribution in [0.5, 0.6) is 0 Å². The second kappa shape index (κ2) is 5.91. The van der Waals surface area contributed by atoms with Crippen LogP contribution in [0.2, 0.25) is 0 Å². The number of benzene rings is 2. The molecule has 1 fully saturated rings. The second-order valence-corrected chi connectivity index (χ2v) is 6.31. The Morgan fingerprint density at radius 2 is 1.67 bits per heavy atom. The molecule has 0 aliphatic carbocycles. The number of imide groups is 1. The fraction of sp³-hybridized carbons (Fsp3) is 0.0667. The van der Waals surface area contributed by atoms with E-state index in [-0.39, 0.29) is 11.1 Å². The van der Waals surface area contributed by atoms with Gasteiger partial charge in [0.2, 0.25) is 0 Å². The van der Waals surface area contributed by atoms with E-state index in [1.165, 1.54) is 4.90 Å². The predicted octanol–water partition coefficient (Wildman–Crippen LogP) is 4.09. The standard InChI is InChI=1S/C15H11BrN2O2S/c16-11-8-4-5-9-12(11)17-13-14(19)18(15(20)21-13)10-6-2-1-3-7-10/h1-9,13,17H/t13-/m0/s1. The molecule has 1 heterocycles. The molecule has 1 aliphatic rings. The first kappa shape index (κ1) is 14.2. The molecule has 1 saturated heterocycles. The minimum atomic E-state index is -0.614. The highest BCUT2D eigenvalue weighted by molar-refractivity contribution is 9.10. The van der Waals surface area contributed by atoms with Crippen LogP contribution < -0.4 is 10.2 Å². The van der Waals surface area contributed by atoms with Gasteiger partial charge in [-0.05, 0) is 52.0 Å². The third kappa shape index (κ3) is 2.82. The van der Waals surface area contributed by atoms with Crippen molar-refractivity contribution in [2.24, 2.45) is 0 Å². The monoisotopic (exact) mass is 362 g/mol. The topological polar surface area (TPSA) is 49.4 Å². The van der Waals surface area contributed by atoms with Crippen LogP contribution >= 0.6 is 27.7 Å². The average Bonchev–Trinajstić information content (AvgIpc) is 2.77. The Bertz CT molecular complexity index is 693. The maximum Gasteiger partial charge on any atom is 0.295 e. The number of carbonyl (C=O) groups excluding carboxylic acids is 2. The maximum absolute atomic E-state index is 12.4. The number of hydrogen-bond acceptors (Lipinski definition) is 4. The molecule has 0 unspecified atom stereocenters. The van der Waals surface area contributed by atoms with E-state index in [0.29, 0.717) is 5.69 Å². The number of amides is 2. The van der Waals surface area contributed by atoms with Gasteiger partial charge in [-0.1, -0.05) is 30.3 Å². The Morgan fingerprint density at radius 3 is 2.38 bits per heavy atom. The first-order valence-corrected chi connectivity index (χ1v) is 7.95. The van der Waals surface area contributed by atoms with Crippen LogP contribution in [0, 0.1) is 0 Å². The summed E-state index contributed by atoms with van der Waals surface area (Å²) in [5, 5.41) is 2.21. The SMILES string of the molecule is O=C1S[C@H](Nc2ccccc2Br)C(=O)N1c1ccccc1. The zero-order chi connectivity index (χ0) is 14.8. The van der Waals surface area contributed by atoms with Crippen LogP contribution in [0.15, 0.2) is 59.1 Å². The van der Waals surface area contributed by atoms with Gasteiger partial charge in [-0.15, -0.1) is 0 Å². The number of nitrogens with zero attached hydrogens (tertiary/aromatic N) is 1. The van der Waals surface area contributed by atoms with E-state index in [0.717, 1.165) is 21.9 Å². The van der Waals surface area contributed by atoms with E-state index >= 15 is 0 Å². The van der Waals surface area contributed by atoms with Gasteiger partial charge in [0.25, 0.3) is 11.1 Å². The van der Waals surface area contributed by atoms with E-state index in [1.54, 1.807) is 24.3 Å². The Balaban J connectivity index is 1.83. The van der Waals surface area contributed by atoms with E-state index in [4.69, 9.17) is 0 Å². The molecule has 2 amide bonds. The van der Waals surface area contributed by atoms with Crippen molar-refractivity contribution in [3.05, 3.63) is 59.1 Å². The third-order valence-electron chi connectivity index (χ3n) is 3.02. The number of halogens is 1. The molecule has 3 rings (SSSR count). The lowest BCUT2D eigenvalue weighted by atomic mass is 10.3. The van der Waals surface area contributed by atoms with Crippen LogP contribution in [0.1, 0.15) is 0 Å². The summed E-state index contributed by atoms with van der Waals surface area (Å²) < 4.78 is 0.851. The molecule has 1 aliphatic heterocycles. The molecule has 6 heteroatoms. The number of carbonyl (C=O) groups is 2. The van der Waals surface area contributed by atoms with Crippen molar-refractivity contribution >= 4 is 50.2 Å². The predicted molar refractivity (Wildman–Crippen MR) is 88.5 cm³/mol. The summed E-state index contributed by atoms with van der Waals surface area (Å²) >= 11 is 4.40. The van der Waals surface area contributed by atoms with Crippen molar-refractivity contribution in [2.45, 2.75) is 5.37 Å². The molecule has 21 heavy (non-hydrogen) atoms. The molecule has 1 N–H and O–H groups in total. The lowest BCUT2D eigenvalue weighted by Crippen LogP contribution is -2.34. The highest BCUT2D eigenvalue weighted by Crippen LogP contribution is 2.33. The van der Waals surface area contributed by atoms with Gasteiger partial charge in [0.05, 0.1) is 5.69 Å². The number of nitrogens with one attached hydrogen (secondary N) is 1. The molecule has 4 nitrogen and oxygen atoms in total. The summed E-state index contributed by atoms with van der Waals surface area (Å²) in [6, 6.07) is 16.4. The normalized spacial score (nSPS) is 18.1. The Morgan fingerprint density at radius 1 is 1.00 bits per heavy atom. The van der Waals surface area contributed by atoms with Crippen LogP contribution in [0.4, 0.5) is 16.2 Å². The molecular formula is C15H11BrN2O2S. The van der Waals surface area contributed by atoms with E-state index in [9.17, 15) is 9.59 Å². The maximum atomic E-state index is 12.4. The quantitative estimate of drug-likeness (QED) is 0.893. The van der Waals surface area contributed by atoms with Crippen molar-refractivity contribution in [2.75, 3.05) is 10.2 Å². The number of rotatable bonds is 3. The van der Waals surface area contributed by atoms with Gasteiger partial charge in [-0.25, -0.2) is 4.90 Å². The fourth-order valence-electron chi connectivity index (χ4n) is 2.03. The summed E-state index contributed by atoms with van der Waals surface area (Å²) in [6.45, 7) is 0. The molecule has 106 valence electrons. The van der Waals surface area contributed by atoms with Gasteiger partial charge in [0.1, 0.15) is 0 Å². The Labute approximate surface area is 134 Å². The fourth-order valence-corrected chi connectivity index (χ4v) is 3.33. The largest absolute Gasteiger partial charge is 0.364 e. The van der Waals surface area contributed by atoms with Crippen molar-refractivity contribution in [1.82, 2.24) is 0 Å². The summed E-state index contributed by atoms with van der Waals surface area (Å²) in [5.74, 6) is -0.257. The lowest BCUT2D eigenvalue weighted by molar-refractivity contribution is -0.116. The molecule has 0 saturated carbocycles. The van der Waals surface area contributed by atoms with Crippen molar-refractivity contribution < 1.29 is 9.59 Å². The van der Waals surface area contributed by atoms with Gasteiger partial charge in [-0.3, -0.25) is 9.59 Å². The highest BCUT2D eigenvalue weighted by Gasteiger charge is 2.40. The first-order valence-electron chi connectivity index (χ1n) is 6.27. The van der Waals surface area contributed by atoms with E-state index in [1.807, 2.05) is 30.3 Å². The molecular weight excluding hydrogens is 352 g/mol. The molecule has 0 aromatic heterocycles. The second-order valence-electron chi connectivity index (χ2n) is 4.40. The highest BCUT2D eigenvalue weighted by atomic mass is 79.9. The smallest absolute Gasteiger partial charge is 0.295 e. The molecule has 0 spiro atoms. The minimum absolute atomic E-state index is 0.257. The van der Waals surface area contributed by atoms with Crippen molar-refractivity contribution in [3.63, 3.8) is 0 Å². The Hall–Kier alpha value is -1.79. The van der Waals surface area contributed by atoms with Gasteiger partial charge in [-0.2, -0.15) is 0 Å².